The number of carbonyl (C=O) groups excluding carboxylic acids is 1. The van der Waals surface area contributed by atoms with E-state index in [1.54, 1.807) is 0 Å². The van der Waals surface area contributed by atoms with E-state index in [-0.39, 0.29) is 6.04 Å². The maximum absolute atomic E-state index is 13.5. The monoisotopic (exact) mass is 397 g/mol. The molecule has 29 heavy (non-hydrogen) atoms. The highest BCUT2D eigenvalue weighted by Crippen LogP contribution is 2.34. The standard InChI is InChI=1S/C24H25F2NO2/c1-2-24(18-10-14-20(25)15-11-18,19-12-16-21(26)17-13-19)29-23(28)27-22-8-6-4-3-5-7-9-22/h1,10-17,22H,3-9H2,(H,27,28). The summed E-state index contributed by atoms with van der Waals surface area (Å²) in [6.07, 6.45) is 12.6. The van der Waals surface area contributed by atoms with Crippen molar-refractivity contribution in [3.63, 3.8) is 0 Å². The highest BCUT2D eigenvalue weighted by Gasteiger charge is 2.37. The molecule has 1 amide bonds. The Labute approximate surface area is 170 Å². The zero-order valence-corrected chi connectivity index (χ0v) is 16.3. The van der Waals surface area contributed by atoms with Crippen molar-refractivity contribution >= 4 is 6.09 Å². The van der Waals surface area contributed by atoms with E-state index in [9.17, 15) is 13.6 Å². The number of hydrogen-bond donors (Lipinski definition) is 1. The first-order valence-corrected chi connectivity index (χ1v) is 10.0. The molecule has 0 aliphatic heterocycles. The molecule has 0 aromatic heterocycles. The summed E-state index contributed by atoms with van der Waals surface area (Å²) in [6, 6.07) is 10.9. The minimum Gasteiger partial charge on any atom is -0.421 e. The van der Waals surface area contributed by atoms with Crippen LogP contribution < -0.4 is 5.32 Å². The molecular weight excluding hydrogens is 372 g/mol. The van der Waals surface area contributed by atoms with Gasteiger partial charge in [-0.25, -0.2) is 13.6 Å². The summed E-state index contributed by atoms with van der Waals surface area (Å²) in [5, 5.41) is 2.93. The van der Waals surface area contributed by atoms with Gasteiger partial charge in [0.25, 0.3) is 0 Å². The van der Waals surface area contributed by atoms with Gasteiger partial charge >= 0.3 is 6.09 Å². The predicted molar refractivity (Wildman–Crippen MR) is 108 cm³/mol. The van der Waals surface area contributed by atoms with Gasteiger partial charge in [-0.2, -0.15) is 0 Å². The van der Waals surface area contributed by atoms with Crippen molar-refractivity contribution in [2.75, 3.05) is 0 Å². The van der Waals surface area contributed by atoms with Gasteiger partial charge in [-0.3, -0.25) is 0 Å². The molecule has 2 aromatic rings. The highest BCUT2D eigenvalue weighted by atomic mass is 19.1. The van der Waals surface area contributed by atoms with Crippen LogP contribution in [-0.4, -0.2) is 12.1 Å². The Morgan fingerprint density at radius 3 is 1.79 bits per heavy atom. The third-order valence-electron chi connectivity index (χ3n) is 5.38. The number of carbonyl (C=O) groups is 1. The van der Waals surface area contributed by atoms with Crippen LogP contribution in [0.3, 0.4) is 0 Å². The van der Waals surface area contributed by atoms with Gasteiger partial charge in [0.15, 0.2) is 0 Å². The molecule has 3 rings (SSSR count). The Balaban J connectivity index is 1.88. The van der Waals surface area contributed by atoms with Crippen LogP contribution >= 0.6 is 0 Å². The molecule has 1 aliphatic carbocycles. The van der Waals surface area contributed by atoms with Gasteiger partial charge in [-0.05, 0) is 43.0 Å². The van der Waals surface area contributed by atoms with Crippen LogP contribution in [0.1, 0.15) is 56.1 Å². The van der Waals surface area contributed by atoms with E-state index in [2.05, 4.69) is 11.2 Å². The summed E-state index contributed by atoms with van der Waals surface area (Å²) >= 11 is 0. The molecule has 1 saturated carbocycles. The van der Waals surface area contributed by atoms with E-state index < -0.39 is 23.3 Å². The summed E-state index contributed by atoms with van der Waals surface area (Å²) in [7, 11) is 0. The van der Waals surface area contributed by atoms with Gasteiger partial charge in [-0.15, -0.1) is 6.42 Å². The van der Waals surface area contributed by atoms with Crippen molar-refractivity contribution < 1.29 is 18.3 Å². The van der Waals surface area contributed by atoms with Crippen molar-refractivity contribution in [3.8, 4) is 12.3 Å². The first-order valence-electron chi connectivity index (χ1n) is 10.0. The fourth-order valence-corrected chi connectivity index (χ4v) is 3.79. The normalized spacial score (nSPS) is 15.6. The Kier molecular flexibility index (Phi) is 6.87. The van der Waals surface area contributed by atoms with Crippen molar-refractivity contribution in [2.45, 2.75) is 56.6 Å². The fraction of sp³-hybridized carbons (Fsp3) is 0.375. The van der Waals surface area contributed by atoms with Crippen LogP contribution in [0.4, 0.5) is 13.6 Å². The molecule has 0 saturated heterocycles. The molecule has 0 heterocycles. The molecule has 0 atom stereocenters. The van der Waals surface area contributed by atoms with Gasteiger partial charge in [0.05, 0.1) is 0 Å². The van der Waals surface area contributed by atoms with Crippen LogP contribution in [-0.2, 0) is 10.3 Å². The number of alkyl carbamates (subject to hydrolysis) is 1. The van der Waals surface area contributed by atoms with Gasteiger partial charge in [0.2, 0.25) is 5.60 Å². The second-order valence-electron chi connectivity index (χ2n) is 7.42. The quantitative estimate of drug-likeness (QED) is 0.674. The molecule has 0 spiro atoms. The van der Waals surface area contributed by atoms with E-state index >= 15 is 0 Å². The Hall–Kier alpha value is -2.87. The molecule has 0 bridgehead atoms. The van der Waals surface area contributed by atoms with E-state index in [4.69, 9.17) is 11.2 Å². The lowest BCUT2D eigenvalue weighted by Crippen LogP contribution is -2.41. The topological polar surface area (TPSA) is 38.3 Å². The number of amides is 1. The van der Waals surface area contributed by atoms with E-state index in [1.165, 1.54) is 55.0 Å². The lowest BCUT2D eigenvalue weighted by molar-refractivity contribution is 0.0743. The lowest BCUT2D eigenvalue weighted by atomic mass is 9.86. The summed E-state index contributed by atoms with van der Waals surface area (Å²) < 4.78 is 32.7. The fourth-order valence-electron chi connectivity index (χ4n) is 3.79. The molecule has 5 heteroatoms. The van der Waals surface area contributed by atoms with Crippen molar-refractivity contribution in [2.24, 2.45) is 0 Å². The lowest BCUT2D eigenvalue weighted by Gasteiger charge is -2.31. The average Bonchev–Trinajstić information content (AvgIpc) is 2.69. The summed E-state index contributed by atoms with van der Waals surface area (Å²) in [4.78, 5) is 12.8. The molecule has 3 nitrogen and oxygen atoms in total. The number of halogens is 2. The van der Waals surface area contributed by atoms with E-state index in [0.717, 1.165) is 38.5 Å². The molecule has 1 fully saturated rings. The second-order valence-corrected chi connectivity index (χ2v) is 7.42. The van der Waals surface area contributed by atoms with E-state index in [1.807, 2.05) is 0 Å². The number of rotatable bonds is 4. The molecular formula is C24H25F2NO2. The Morgan fingerprint density at radius 2 is 1.34 bits per heavy atom. The Bertz CT molecular complexity index is 802. The number of nitrogens with one attached hydrogen (secondary N) is 1. The zero-order chi connectivity index (χ0) is 20.7. The molecule has 0 radical (unpaired) electrons. The number of benzene rings is 2. The number of ether oxygens (including phenoxy) is 1. The minimum absolute atomic E-state index is 0.0275. The molecule has 1 N–H and O–H groups in total. The summed E-state index contributed by atoms with van der Waals surface area (Å²) in [6.45, 7) is 0. The van der Waals surface area contributed by atoms with Crippen molar-refractivity contribution in [1.82, 2.24) is 5.32 Å². The third kappa shape index (κ3) is 5.14. The van der Waals surface area contributed by atoms with Gasteiger partial charge in [-0.1, -0.05) is 56.4 Å². The van der Waals surface area contributed by atoms with Gasteiger partial charge in [0, 0.05) is 17.2 Å². The largest absolute Gasteiger partial charge is 0.421 e. The van der Waals surface area contributed by atoms with Crippen molar-refractivity contribution in [1.29, 1.82) is 0 Å². The third-order valence-corrected chi connectivity index (χ3v) is 5.38. The average molecular weight is 397 g/mol. The van der Waals surface area contributed by atoms with Gasteiger partial charge in [0.1, 0.15) is 11.6 Å². The highest BCUT2D eigenvalue weighted by molar-refractivity contribution is 5.70. The minimum atomic E-state index is -1.59. The maximum atomic E-state index is 13.5. The number of terminal acetylenes is 1. The first-order chi connectivity index (χ1) is 14.0. The van der Waals surface area contributed by atoms with E-state index in [0.29, 0.717) is 11.1 Å². The van der Waals surface area contributed by atoms with Crippen LogP contribution in [0.25, 0.3) is 0 Å². The maximum Gasteiger partial charge on any atom is 0.409 e. The van der Waals surface area contributed by atoms with Crippen LogP contribution in [0.15, 0.2) is 48.5 Å². The van der Waals surface area contributed by atoms with Crippen molar-refractivity contribution in [3.05, 3.63) is 71.3 Å². The second kappa shape index (κ2) is 9.56. The van der Waals surface area contributed by atoms with Gasteiger partial charge < -0.3 is 10.1 Å². The van der Waals surface area contributed by atoms with Crippen LogP contribution in [0.5, 0.6) is 0 Å². The van der Waals surface area contributed by atoms with Crippen LogP contribution in [0.2, 0.25) is 0 Å². The smallest absolute Gasteiger partial charge is 0.409 e. The zero-order valence-electron chi connectivity index (χ0n) is 16.3. The summed E-state index contributed by atoms with van der Waals surface area (Å²) in [5.74, 6) is 1.68. The molecule has 1 aliphatic rings. The molecule has 2 aromatic carbocycles. The first kappa shape index (κ1) is 20.9. The SMILES string of the molecule is C#CC(OC(=O)NC1CCCCCCC1)(c1ccc(F)cc1)c1ccc(F)cc1. The Morgan fingerprint density at radius 1 is 0.897 bits per heavy atom. The predicted octanol–water partition coefficient (Wildman–Crippen LogP) is 5.68. The van der Waals surface area contributed by atoms with Crippen LogP contribution in [0, 0.1) is 24.0 Å². The molecule has 152 valence electrons. The molecule has 0 unspecified atom stereocenters. The summed E-state index contributed by atoms with van der Waals surface area (Å²) in [5.41, 5.74) is -0.755. The number of hydrogen-bond acceptors (Lipinski definition) is 2.